The Morgan fingerprint density at radius 1 is 1.17 bits per heavy atom. The molecule has 0 amide bonds. The first-order chi connectivity index (χ1) is 8.61. The second-order valence-electron chi connectivity index (χ2n) is 3.55. The Kier molecular flexibility index (Phi) is 4.49. The molecule has 0 aliphatic heterocycles. The van der Waals surface area contributed by atoms with E-state index in [4.69, 9.17) is 27.9 Å². The van der Waals surface area contributed by atoms with Crippen LogP contribution in [0.5, 0.6) is 11.5 Å². The first kappa shape index (κ1) is 13.7. The zero-order valence-electron chi connectivity index (χ0n) is 9.09. The van der Waals surface area contributed by atoms with Crippen molar-refractivity contribution < 1.29 is 9.13 Å². The molecule has 0 atom stereocenters. The van der Waals surface area contributed by atoms with Gasteiger partial charge in [0, 0.05) is 5.88 Å². The van der Waals surface area contributed by atoms with E-state index in [0.29, 0.717) is 16.1 Å². The lowest BCUT2D eigenvalue weighted by molar-refractivity contribution is 0.440. The van der Waals surface area contributed by atoms with Crippen LogP contribution in [0, 0.1) is 5.82 Å². The highest BCUT2D eigenvalue weighted by Gasteiger charge is 2.10. The molecule has 0 unspecified atom stereocenters. The van der Waals surface area contributed by atoms with E-state index in [2.05, 4.69) is 15.9 Å². The van der Waals surface area contributed by atoms with Crippen LogP contribution in [0.2, 0.25) is 5.02 Å². The van der Waals surface area contributed by atoms with E-state index in [-0.39, 0.29) is 10.8 Å². The van der Waals surface area contributed by atoms with E-state index in [0.717, 1.165) is 5.56 Å². The zero-order chi connectivity index (χ0) is 13.1. The molecule has 2 aromatic carbocycles. The standard InChI is InChI=1S/C13H8BrCl2FO/c14-9-6-8(7-15)4-5-11(9)18-12-3-1-2-10(16)13(12)17/h1-6H,7H2. The Morgan fingerprint density at radius 2 is 1.94 bits per heavy atom. The zero-order valence-corrected chi connectivity index (χ0v) is 12.2. The van der Waals surface area contributed by atoms with Gasteiger partial charge in [0.1, 0.15) is 5.75 Å². The van der Waals surface area contributed by atoms with Gasteiger partial charge in [-0.15, -0.1) is 11.6 Å². The molecule has 2 aromatic rings. The molecule has 0 fully saturated rings. The number of halogens is 4. The Labute approximate surface area is 123 Å². The Balaban J connectivity index is 2.31. The van der Waals surface area contributed by atoms with Gasteiger partial charge in [0.15, 0.2) is 11.6 Å². The summed E-state index contributed by atoms with van der Waals surface area (Å²) in [6, 6.07) is 9.97. The SMILES string of the molecule is Fc1c(Cl)cccc1Oc1ccc(CCl)cc1Br. The van der Waals surface area contributed by atoms with Gasteiger partial charge in [0.25, 0.3) is 0 Å². The third-order valence-corrected chi connectivity index (χ3v) is 3.51. The number of rotatable bonds is 3. The molecule has 0 radical (unpaired) electrons. The number of alkyl halides is 1. The maximum Gasteiger partial charge on any atom is 0.184 e. The minimum Gasteiger partial charge on any atom is -0.453 e. The van der Waals surface area contributed by atoms with Gasteiger partial charge in [-0.25, -0.2) is 4.39 Å². The summed E-state index contributed by atoms with van der Waals surface area (Å²) in [6.07, 6.45) is 0. The van der Waals surface area contributed by atoms with Gasteiger partial charge in [-0.3, -0.25) is 0 Å². The van der Waals surface area contributed by atoms with E-state index >= 15 is 0 Å². The van der Waals surface area contributed by atoms with Crippen LogP contribution in [0.3, 0.4) is 0 Å². The lowest BCUT2D eigenvalue weighted by Gasteiger charge is -2.10. The van der Waals surface area contributed by atoms with Crippen molar-refractivity contribution in [3.63, 3.8) is 0 Å². The van der Waals surface area contributed by atoms with Crippen LogP contribution in [-0.4, -0.2) is 0 Å². The highest BCUT2D eigenvalue weighted by Crippen LogP contribution is 2.33. The lowest BCUT2D eigenvalue weighted by atomic mass is 10.2. The van der Waals surface area contributed by atoms with Crippen LogP contribution in [0.15, 0.2) is 40.9 Å². The maximum absolute atomic E-state index is 13.7. The average molecular weight is 350 g/mol. The fraction of sp³-hybridized carbons (Fsp3) is 0.0769. The lowest BCUT2D eigenvalue weighted by Crippen LogP contribution is -1.90. The molecule has 0 aliphatic carbocycles. The van der Waals surface area contributed by atoms with Crippen LogP contribution in [0.1, 0.15) is 5.56 Å². The topological polar surface area (TPSA) is 9.23 Å². The molecule has 94 valence electrons. The molecule has 0 aliphatic rings. The third kappa shape index (κ3) is 2.97. The first-order valence-electron chi connectivity index (χ1n) is 5.08. The van der Waals surface area contributed by atoms with Gasteiger partial charge in [-0.05, 0) is 45.8 Å². The summed E-state index contributed by atoms with van der Waals surface area (Å²) < 4.78 is 19.9. The highest BCUT2D eigenvalue weighted by atomic mass is 79.9. The van der Waals surface area contributed by atoms with Gasteiger partial charge in [0.2, 0.25) is 0 Å². The van der Waals surface area contributed by atoms with Crippen molar-refractivity contribution in [1.29, 1.82) is 0 Å². The molecular weight excluding hydrogens is 342 g/mol. The number of hydrogen-bond acceptors (Lipinski definition) is 1. The maximum atomic E-state index is 13.7. The van der Waals surface area contributed by atoms with Crippen molar-refractivity contribution in [3.05, 3.63) is 57.3 Å². The van der Waals surface area contributed by atoms with Crippen molar-refractivity contribution in [2.45, 2.75) is 5.88 Å². The fourth-order valence-corrected chi connectivity index (χ4v) is 2.23. The van der Waals surface area contributed by atoms with Gasteiger partial charge in [0.05, 0.1) is 9.50 Å². The predicted molar refractivity (Wildman–Crippen MR) is 75.2 cm³/mol. The number of ether oxygens (including phenoxy) is 1. The largest absolute Gasteiger partial charge is 0.453 e. The van der Waals surface area contributed by atoms with Crippen LogP contribution >= 0.6 is 39.1 Å². The van der Waals surface area contributed by atoms with Crippen molar-refractivity contribution in [2.24, 2.45) is 0 Å². The molecule has 2 rings (SSSR count). The van der Waals surface area contributed by atoms with Crippen molar-refractivity contribution in [3.8, 4) is 11.5 Å². The van der Waals surface area contributed by atoms with E-state index in [1.165, 1.54) is 12.1 Å². The molecule has 0 heterocycles. The molecule has 18 heavy (non-hydrogen) atoms. The molecule has 0 spiro atoms. The van der Waals surface area contributed by atoms with Gasteiger partial charge in [-0.2, -0.15) is 0 Å². The summed E-state index contributed by atoms with van der Waals surface area (Å²) >= 11 is 14.8. The second-order valence-corrected chi connectivity index (χ2v) is 5.08. The first-order valence-corrected chi connectivity index (χ1v) is 6.78. The summed E-state index contributed by atoms with van der Waals surface area (Å²) in [5.41, 5.74) is 0.947. The summed E-state index contributed by atoms with van der Waals surface area (Å²) in [6.45, 7) is 0. The molecule has 0 N–H and O–H groups in total. The smallest absolute Gasteiger partial charge is 0.184 e. The van der Waals surface area contributed by atoms with Gasteiger partial charge >= 0.3 is 0 Å². The third-order valence-electron chi connectivity index (χ3n) is 2.29. The molecule has 0 aromatic heterocycles. The quantitative estimate of drug-likeness (QED) is 0.639. The van der Waals surface area contributed by atoms with Crippen LogP contribution in [0.25, 0.3) is 0 Å². The predicted octanol–water partition coefficient (Wildman–Crippen LogP) is 5.77. The van der Waals surface area contributed by atoms with Crippen LogP contribution < -0.4 is 4.74 Å². The van der Waals surface area contributed by atoms with Crippen molar-refractivity contribution in [2.75, 3.05) is 0 Å². The summed E-state index contributed by atoms with van der Waals surface area (Å²) in [5, 5.41) is 0.0287. The van der Waals surface area contributed by atoms with Crippen LogP contribution in [0.4, 0.5) is 4.39 Å². The Morgan fingerprint density at radius 3 is 2.61 bits per heavy atom. The minimum atomic E-state index is -0.576. The highest BCUT2D eigenvalue weighted by molar-refractivity contribution is 9.10. The normalized spacial score (nSPS) is 10.4. The molecular formula is C13H8BrCl2FO. The molecule has 1 nitrogen and oxygen atoms in total. The summed E-state index contributed by atoms with van der Waals surface area (Å²) in [5.74, 6) is 0.420. The summed E-state index contributed by atoms with van der Waals surface area (Å²) in [7, 11) is 0. The monoisotopic (exact) mass is 348 g/mol. The van der Waals surface area contributed by atoms with Crippen molar-refractivity contribution >= 4 is 39.1 Å². The molecule has 5 heteroatoms. The number of hydrogen-bond donors (Lipinski definition) is 0. The molecule has 0 saturated heterocycles. The fourth-order valence-electron chi connectivity index (χ4n) is 1.39. The Hall–Kier alpha value is -0.770. The summed E-state index contributed by atoms with van der Waals surface area (Å²) in [4.78, 5) is 0. The van der Waals surface area contributed by atoms with E-state index in [9.17, 15) is 4.39 Å². The van der Waals surface area contributed by atoms with E-state index in [1.807, 2.05) is 12.1 Å². The Bertz CT molecular complexity index is 575. The van der Waals surface area contributed by atoms with Gasteiger partial charge in [-0.1, -0.05) is 23.7 Å². The average Bonchev–Trinajstić information content (AvgIpc) is 2.37. The molecule has 0 bridgehead atoms. The van der Waals surface area contributed by atoms with E-state index in [1.54, 1.807) is 12.1 Å². The molecule has 0 saturated carbocycles. The van der Waals surface area contributed by atoms with Crippen LogP contribution in [-0.2, 0) is 5.88 Å². The van der Waals surface area contributed by atoms with E-state index < -0.39 is 5.82 Å². The van der Waals surface area contributed by atoms with Gasteiger partial charge < -0.3 is 4.74 Å². The van der Waals surface area contributed by atoms with Crippen molar-refractivity contribution in [1.82, 2.24) is 0 Å². The minimum absolute atomic E-state index is 0.0287. The number of benzene rings is 2. The second kappa shape index (κ2) is 5.91.